The van der Waals surface area contributed by atoms with Gasteiger partial charge in [-0.05, 0) is 43.0 Å². The van der Waals surface area contributed by atoms with Crippen LogP contribution in [0.3, 0.4) is 0 Å². The largest absolute Gasteiger partial charge is 0.487 e. The number of anilines is 1. The summed E-state index contributed by atoms with van der Waals surface area (Å²) in [6, 6.07) is 20.0. The van der Waals surface area contributed by atoms with Crippen LogP contribution in [-0.2, 0) is 11.4 Å². The van der Waals surface area contributed by atoms with Crippen molar-refractivity contribution in [3.8, 4) is 17.1 Å². The SMILES string of the molecule is Cc1cccc(OCc2cc3c(N4CC[C@@H](CC(N)=O)C4)nc(-c4ccccc4)nc3[nH]2)c1. The van der Waals surface area contributed by atoms with Gasteiger partial charge in [-0.3, -0.25) is 4.79 Å². The molecule has 3 N–H and O–H groups in total. The van der Waals surface area contributed by atoms with E-state index in [0.717, 1.165) is 58.9 Å². The van der Waals surface area contributed by atoms with Gasteiger partial charge in [0.15, 0.2) is 5.82 Å². The number of carbonyl (C=O) groups is 1. The Morgan fingerprint density at radius 2 is 2.00 bits per heavy atom. The maximum atomic E-state index is 11.4. The van der Waals surface area contributed by atoms with Crippen LogP contribution in [0.4, 0.5) is 5.82 Å². The molecule has 4 aromatic rings. The summed E-state index contributed by atoms with van der Waals surface area (Å²) in [5, 5.41) is 0.956. The van der Waals surface area contributed by atoms with Gasteiger partial charge in [0.1, 0.15) is 23.8 Å². The summed E-state index contributed by atoms with van der Waals surface area (Å²) in [6.45, 7) is 4.04. The summed E-state index contributed by atoms with van der Waals surface area (Å²) in [6.07, 6.45) is 1.32. The van der Waals surface area contributed by atoms with Crippen molar-refractivity contribution < 1.29 is 9.53 Å². The van der Waals surface area contributed by atoms with Crippen molar-refractivity contribution in [2.75, 3.05) is 18.0 Å². The highest BCUT2D eigenvalue weighted by Gasteiger charge is 2.27. The molecule has 7 heteroatoms. The zero-order valence-corrected chi connectivity index (χ0v) is 18.6. The van der Waals surface area contributed by atoms with Crippen molar-refractivity contribution >= 4 is 22.8 Å². The van der Waals surface area contributed by atoms with Crippen molar-refractivity contribution in [1.82, 2.24) is 15.0 Å². The number of primary amides is 1. The number of nitrogens with one attached hydrogen (secondary N) is 1. The van der Waals surface area contributed by atoms with E-state index in [1.54, 1.807) is 0 Å². The molecule has 1 saturated heterocycles. The normalized spacial score (nSPS) is 15.8. The molecule has 1 aliphatic heterocycles. The van der Waals surface area contributed by atoms with E-state index in [2.05, 4.69) is 16.0 Å². The van der Waals surface area contributed by atoms with Crippen molar-refractivity contribution in [1.29, 1.82) is 0 Å². The van der Waals surface area contributed by atoms with Gasteiger partial charge in [0.2, 0.25) is 5.91 Å². The van der Waals surface area contributed by atoms with Crippen molar-refractivity contribution in [2.45, 2.75) is 26.4 Å². The van der Waals surface area contributed by atoms with E-state index < -0.39 is 0 Å². The first kappa shape index (κ1) is 21.0. The van der Waals surface area contributed by atoms with Crippen molar-refractivity contribution in [3.63, 3.8) is 0 Å². The second-order valence-corrected chi connectivity index (χ2v) is 8.67. The Hall–Kier alpha value is -3.87. The monoisotopic (exact) mass is 441 g/mol. The minimum absolute atomic E-state index is 0.246. The lowest BCUT2D eigenvalue weighted by Crippen LogP contribution is -2.23. The summed E-state index contributed by atoms with van der Waals surface area (Å²) in [5.74, 6) is 2.37. The first-order valence-corrected chi connectivity index (χ1v) is 11.2. The number of nitrogens with zero attached hydrogens (tertiary/aromatic N) is 3. The van der Waals surface area contributed by atoms with Crippen LogP contribution in [0.25, 0.3) is 22.4 Å². The molecule has 2 aromatic carbocycles. The Labute approximate surface area is 192 Å². The minimum Gasteiger partial charge on any atom is -0.487 e. The van der Waals surface area contributed by atoms with Gasteiger partial charge in [-0.1, -0.05) is 42.5 Å². The Morgan fingerprint density at radius 3 is 2.79 bits per heavy atom. The summed E-state index contributed by atoms with van der Waals surface area (Å²) >= 11 is 0. The van der Waals surface area contributed by atoms with Gasteiger partial charge in [0.05, 0.1) is 11.1 Å². The van der Waals surface area contributed by atoms with Crippen LogP contribution >= 0.6 is 0 Å². The van der Waals surface area contributed by atoms with E-state index in [1.165, 1.54) is 0 Å². The number of aromatic nitrogens is 3. The second kappa shape index (κ2) is 8.94. The minimum atomic E-state index is -0.253. The number of aryl methyl sites for hydroxylation is 1. The fourth-order valence-corrected chi connectivity index (χ4v) is 4.43. The van der Waals surface area contributed by atoms with Crippen LogP contribution in [0.15, 0.2) is 60.7 Å². The molecule has 1 aliphatic rings. The number of hydrogen-bond donors (Lipinski definition) is 2. The third-order valence-corrected chi connectivity index (χ3v) is 6.01. The highest BCUT2D eigenvalue weighted by Crippen LogP contribution is 2.32. The lowest BCUT2D eigenvalue weighted by atomic mass is 10.1. The van der Waals surface area contributed by atoms with Gasteiger partial charge in [0, 0.05) is 25.1 Å². The molecule has 1 fully saturated rings. The number of aromatic amines is 1. The summed E-state index contributed by atoms with van der Waals surface area (Å²) in [4.78, 5) is 26.8. The number of ether oxygens (including phenoxy) is 1. The van der Waals surface area contributed by atoms with Crippen molar-refractivity contribution in [3.05, 3.63) is 71.9 Å². The van der Waals surface area contributed by atoms with Crippen LogP contribution in [-0.4, -0.2) is 33.9 Å². The van der Waals surface area contributed by atoms with Crippen molar-refractivity contribution in [2.24, 2.45) is 11.7 Å². The fraction of sp³-hybridized carbons (Fsp3) is 0.269. The Morgan fingerprint density at radius 1 is 1.15 bits per heavy atom. The average Bonchev–Trinajstić information content (AvgIpc) is 3.44. The number of rotatable bonds is 7. The number of H-pyrrole nitrogens is 1. The molecule has 0 unspecified atom stereocenters. The van der Waals surface area contributed by atoms with E-state index in [9.17, 15) is 4.79 Å². The smallest absolute Gasteiger partial charge is 0.217 e. The Balaban J connectivity index is 1.48. The number of amides is 1. The molecule has 3 heterocycles. The number of hydrogen-bond acceptors (Lipinski definition) is 5. The standard InChI is InChI=1S/C26H27N5O2/c1-17-6-5-9-21(12-17)33-16-20-14-22-25(28-20)29-24(19-7-3-2-4-8-19)30-26(22)31-11-10-18(15-31)13-23(27)32/h2-9,12,14,18H,10-11,13,15-16H2,1H3,(H2,27,32)(H,28,29,30)/t18-/m0/s1. The van der Waals surface area contributed by atoms with Gasteiger partial charge in [-0.25, -0.2) is 9.97 Å². The van der Waals surface area contributed by atoms with E-state index in [0.29, 0.717) is 18.9 Å². The van der Waals surface area contributed by atoms with Gasteiger partial charge >= 0.3 is 0 Å². The number of benzene rings is 2. The average molecular weight is 442 g/mol. The predicted molar refractivity (Wildman–Crippen MR) is 129 cm³/mol. The lowest BCUT2D eigenvalue weighted by molar-refractivity contribution is -0.118. The van der Waals surface area contributed by atoms with Gasteiger partial charge < -0.3 is 20.4 Å². The second-order valence-electron chi connectivity index (χ2n) is 8.67. The van der Waals surface area contributed by atoms with E-state index >= 15 is 0 Å². The fourth-order valence-electron chi connectivity index (χ4n) is 4.43. The van der Waals surface area contributed by atoms with Gasteiger partial charge in [0.25, 0.3) is 0 Å². The first-order valence-electron chi connectivity index (χ1n) is 11.2. The van der Waals surface area contributed by atoms with Gasteiger partial charge in [-0.2, -0.15) is 0 Å². The molecule has 7 nitrogen and oxygen atoms in total. The predicted octanol–water partition coefficient (Wildman–Crippen LogP) is 4.21. The van der Waals surface area contributed by atoms with Crippen LogP contribution in [0.2, 0.25) is 0 Å². The maximum absolute atomic E-state index is 11.4. The lowest BCUT2D eigenvalue weighted by Gasteiger charge is -2.19. The molecule has 2 aromatic heterocycles. The molecule has 0 bridgehead atoms. The molecule has 33 heavy (non-hydrogen) atoms. The first-order chi connectivity index (χ1) is 16.0. The number of carbonyl (C=O) groups excluding carboxylic acids is 1. The zero-order valence-electron chi connectivity index (χ0n) is 18.6. The van der Waals surface area contributed by atoms with E-state index in [1.807, 2.05) is 61.5 Å². The molecule has 1 amide bonds. The van der Waals surface area contributed by atoms with E-state index in [4.69, 9.17) is 20.4 Å². The molecular weight excluding hydrogens is 414 g/mol. The molecule has 0 spiro atoms. The Bertz CT molecular complexity index is 1280. The maximum Gasteiger partial charge on any atom is 0.217 e. The van der Waals surface area contributed by atoms with Crippen LogP contribution in [0.1, 0.15) is 24.1 Å². The molecular formula is C26H27N5O2. The number of fused-ring (bicyclic) bond motifs is 1. The quantitative estimate of drug-likeness (QED) is 0.448. The highest BCUT2D eigenvalue weighted by molar-refractivity contribution is 5.90. The Kier molecular flexibility index (Phi) is 5.69. The van der Waals surface area contributed by atoms with E-state index in [-0.39, 0.29) is 11.8 Å². The molecule has 0 aliphatic carbocycles. The summed E-state index contributed by atoms with van der Waals surface area (Å²) in [5.41, 5.74) is 9.26. The summed E-state index contributed by atoms with van der Waals surface area (Å²) in [7, 11) is 0. The topological polar surface area (TPSA) is 97.1 Å². The van der Waals surface area contributed by atoms with Crippen LogP contribution < -0.4 is 15.4 Å². The summed E-state index contributed by atoms with van der Waals surface area (Å²) < 4.78 is 6.00. The number of nitrogens with two attached hydrogens (primary N) is 1. The third kappa shape index (κ3) is 4.67. The van der Waals surface area contributed by atoms with Crippen LogP contribution in [0, 0.1) is 12.8 Å². The highest BCUT2D eigenvalue weighted by atomic mass is 16.5. The molecule has 0 saturated carbocycles. The molecule has 1 atom stereocenters. The van der Waals surface area contributed by atoms with Gasteiger partial charge in [-0.15, -0.1) is 0 Å². The van der Waals surface area contributed by atoms with Crippen LogP contribution in [0.5, 0.6) is 5.75 Å². The molecule has 0 radical (unpaired) electrons. The molecule has 5 rings (SSSR count). The third-order valence-electron chi connectivity index (χ3n) is 6.01. The zero-order chi connectivity index (χ0) is 22.8. The molecule has 168 valence electrons.